The Kier molecular flexibility index (Phi) is 14.3. The van der Waals surface area contributed by atoms with Crippen molar-refractivity contribution in [1.29, 1.82) is 0 Å². The molecule has 0 atom stereocenters. The minimum atomic E-state index is -0.579. The van der Waals surface area contributed by atoms with E-state index in [9.17, 15) is 19.2 Å². The average molecular weight is 456 g/mol. The van der Waals surface area contributed by atoms with Gasteiger partial charge in [-0.1, -0.05) is 26.0 Å². The Morgan fingerprint density at radius 2 is 1.16 bits per heavy atom. The van der Waals surface area contributed by atoms with Crippen LogP contribution >= 0.6 is 0 Å². The Labute approximate surface area is 184 Å². The van der Waals surface area contributed by atoms with E-state index in [0.717, 1.165) is 12.2 Å². The van der Waals surface area contributed by atoms with Crippen LogP contribution in [-0.4, -0.2) is 83.9 Å². The first-order valence-electron chi connectivity index (χ1n) is 9.42. The maximum atomic E-state index is 10.8. The van der Waals surface area contributed by atoms with Gasteiger partial charge in [0.15, 0.2) is 0 Å². The van der Waals surface area contributed by atoms with Gasteiger partial charge in [-0.15, -0.1) is 0 Å². The van der Waals surface area contributed by atoms with E-state index in [1.165, 1.54) is 0 Å². The van der Waals surface area contributed by atoms with Crippen molar-refractivity contribution in [1.82, 2.24) is 0 Å². The fourth-order valence-electron chi connectivity index (χ4n) is 1.62. The Hall–Kier alpha value is -2.96. The molecular weight excluding hydrogens is 428 g/mol. The van der Waals surface area contributed by atoms with E-state index in [2.05, 4.69) is 14.2 Å². The third kappa shape index (κ3) is 12.0. The van der Waals surface area contributed by atoms with E-state index in [4.69, 9.17) is 20.4 Å². The molecule has 1 aromatic rings. The van der Waals surface area contributed by atoms with Gasteiger partial charge >= 0.3 is 23.9 Å². The van der Waals surface area contributed by atoms with Gasteiger partial charge in [-0.3, -0.25) is 0 Å². The first kappa shape index (κ1) is 29.0. The van der Waals surface area contributed by atoms with Crippen molar-refractivity contribution >= 4 is 23.9 Å². The molecule has 0 unspecified atom stereocenters. The van der Waals surface area contributed by atoms with E-state index in [-0.39, 0.29) is 31.8 Å². The molecular formula is C21H28O11. The average Bonchev–Trinajstić information content (AvgIpc) is 3.31. The molecule has 178 valence electrons. The summed E-state index contributed by atoms with van der Waals surface area (Å²) in [6.07, 6.45) is 2.17. The molecule has 11 nitrogen and oxygen atoms in total. The molecule has 0 fully saturated rings. The van der Waals surface area contributed by atoms with Gasteiger partial charge < -0.3 is 34.6 Å². The second-order valence-corrected chi connectivity index (χ2v) is 6.84. The predicted molar refractivity (Wildman–Crippen MR) is 109 cm³/mol. The van der Waals surface area contributed by atoms with Crippen molar-refractivity contribution in [3.63, 3.8) is 0 Å². The second kappa shape index (κ2) is 15.8. The molecule has 3 rings (SSSR count). The number of rotatable bonds is 6. The van der Waals surface area contributed by atoms with Gasteiger partial charge in [0, 0.05) is 17.6 Å². The van der Waals surface area contributed by atoms with Crippen LogP contribution in [0.25, 0.3) is 0 Å². The van der Waals surface area contributed by atoms with Crippen LogP contribution in [0.4, 0.5) is 0 Å². The molecule has 0 bridgehead atoms. The molecule has 2 aliphatic heterocycles. The zero-order chi connectivity index (χ0) is 24.6. The number of ether oxygens (including phenoxy) is 3. The molecule has 0 saturated heterocycles. The van der Waals surface area contributed by atoms with Crippen molar-refractivity contribution in [2.45, 2.75) is 13.8 Å². The summed E-state index contributed by atoms with van der Waals surface area (Å²) in [5.41, 5.74) is 0.412. The molecule has 4 N–H and O–H groups in total. The lowest BCUT2D eigenvalue weighted by atomic mass is 9.97. The molecule has 2 aliphatic rings. The summed E-state index contributed by atoms with van der Waals surface area (Å²) < 4.78 is 13.0. The molecule has 0 saturated carbocycles. The van der Waals surface area contributed by atoms with Gasteiger partial charge in [-0.05, 0) is 12.1 Å². The van der Waals surface area contributed by atoms with E-state index in [1.54, 1.807) is 38.1 Å². The van der Waals surface area contributed by atoms with Crippen LogP contribution in [-0.2, 0) is 23.8 Å². The quantitative estimate of drug-likeness (QED) is 0.249. The molecule has 0 amide bonds. The summed E-state index contributed by atoms with van der Waals surface area (Å²) in [5.74, 6) is -2.26. The highest BCUT2D eigenvalue weighted by atomic mass is 16.6. The number of aliphatic hydroxyl groups is 4. The van der Waals surface area contributed by atoms with Crippen LogP contribution in [0.1, 0.15) is 34.6 Å². The number of carbonyl (C=O) groups is 4. The summed E-state index contributed by atoms with van der Waals surface area (Å²) in [4.78, 5) is 41.5. The Morgan fingerprint density at radius 1 is 0.750 bits per heavy atom. The van der Waals surface area contributed by atoms with Gasteiger partial charge in [0.1, 0.15) is 0 Å². The lowest BCUT2D eigenvalue weighted by molar-refractivity contribution is -0.150. The summed E-state index contributed by atoms with van der Waals surface area (Å²) in [6, 6.07) is 6.53. The maximum absolute atomic E-state index is 10.8. The van der Waals surface area contributed by atoms with Gasteiger partial charge in [-0.2, -0.15) is 0 Å². The van der Waals surface area contributed by atoms with Crippen LogP contribution in [0.3, 0.4) is 0 Å². The lowest BCUT2D eigenvalue weighted by Gasteiger charge is -2.16. The maximum Gasteiger partial charge on any atom is 0.346 e. The highest BCUT2D eigenvalue weighted by Gasteiger charge is 2.28. The Morgan fingerprint density at radius 3 is 1.41 bits per heavy atom. The molecule has 0 radical (unpaired) electrons. The van der Waals surface area contributed by atoms with Gasteiger partial charge in [0.05, 0.1) is 50.8 Å². The highest BCUT2D eigenvalue weighted by Crippen LogP contribution is 2.18. The summed E-state index contributed by atoms with van der Waals surface area (Å²) in [6.45, 7) is 4.38. The van der Waals surface area contributed by atoms with Crippen molar-refractivity contribution in [3.05, 3.63) is 47.5 Å². The van der Waals surface area contributed by atoms with Crippen LogP contribution in [0, 0.1) is 5.41 Å². The molecule has 2 heterocycles. The molecule has 32 heavy (non-hydrogen) atoms. The fraction of sp³-hybridized carbons (Fsp3) is 0.429. The third-order valence-electron chi connectivity index (χ3n) is 3.44. The van der Waals surface area contributed by atoms with E-state index in [0.29, 0.717) is 24.3 Å². The van der Waals surface area contributed by atoms with Crippen molar-refractivity contribution in [2.24, 2.45) is 5.41 Å². The number of cyclic esters (lactones) is 4. The van der Waals surface area contributed by atoms with Crippen LogP contribution < -0.4 is 0 Å². The molecule has 0 aromatic heterocycles. The number of esters is 4. The summed E-state index contributed by atoms with van der Waals surface area (Å²) >= 11 is 0. The monoisotopic (exact) mass is 456 g/mol. The van der Waals surface area contributed by atoms with Crippen molar-refractivity contribution in [3.8, 4) is 0 Å². The van der Waals surface area contributed by atoms with Gasteiger partial charge in [0.2, 0.25) is 0 Å². The molecule has 0 aliphatic carbocycles. The SMILES string of the molecule is CC(C)(CO)CO.O=C1C=CC(=O)O1.O=C1OC(=O)c2ccccc21.OCCOCCO. The third-order valence-corrected chi connectivity index (χ3v) is 3.44. The lowest BCUT2D eigenvalue weighted by Crippen LogP contribution is -2.20. The molecule has 11 heteroatoms. The Bertz CT molecular complexity index is 725. The topological polar surface area (TPSA) is 177 Å². The summed E-state index contributed by atoms with van der Waals surface area (Å²) in [5, 5.41) is 33.0. The van der Waals surface area contributed by atoms with Crippen molar-refractivity contribution in [2.75, 3.05) is 39.6 Å². The first-order valence-corrected chi connectivity index (χ1v) is 9.42. The Balaban J connectivity index is 0.000000413. The highest BCUT2D eigenvalue weighted by molar-refractivity contribution is 6.14. The number of hydrogen-bond donors (Lipinski definition) is 4. The van der Waals surface area contributed by atoms with Crippen LogP contribution in [0.5, 0.6) is 0 Å². The smallest absolute Gasteiger partial charge is 0.346 e. The van der Waals surface area contributed by atoms with E-state index >= 15 is 0 Å². The van der Waals surface area contributed by atoms with Gasteiger partial charge in [0.25, 0.3) is 0 Å². The zero-order valence-corrected chi connectivity index (χ0v) is 17.9. The minimum Gasteiger partial charge on any atom is -0.396 e. The van der Waals surface area contributed by atoms with E-state index in [1.807, 2.05) is 0 Å². The fourth-order valence-corrected chi connectivity index (χ4v) is 1.62. The molecule has 0 spiro atoms. The number of carbonyl (C=O) groups excluding carboxylic acids is 4. The second-order valence-electron chi connectivity index (χ2n) is 6.84. The predicted octanol–water partition coefficient (Wildman–Crippen LogP) is -0.392. The number of benzene rings is 1. The largest absolute Gasteiger partial charge is 0.396 e. The van der Waals surface area contributed by atoms with Crippen LogP contribution in [0.15, 0.2) is 36.4 Å². The normalized spacial score (nSPS) is 13.6. The summed E-state index contributed by atoms with van der Waals surface area (Å²) in [7, 11) is 0. The molecule has 1 aromatic carbocycles. The standard InChI is InChI=1S/C8H4O3.C5H12O2.C4H2O3.C4H10O3/c9-7-5-3-1-2-4-6(5)8(10)11-7;1-5(2,3-6)4-7;5-3-1-2-4(6)7-3;5-1-3-7-4-2-6/h1-4H;6-7H,3-4H2,1-2H3;1-2H;5-6H,1-4H2. The minimum absolute atomic E-state index is 0.0278. The number of aliphatic hydroxyl groups excluding tert-OH is 4. The first-order chi connectivity index (χ1) is 15.1. The zero-order valence-electron chi connectivity index (χ0n) is 17.9. The number of hydrogen-bond acceptors (Lipinski definition) is 11. The van der Waals surface area contributed by atoms with Crippen LogP contribution in [0.2, 0.25) is 0 Å². The van der Waals surface area contributed by atoms with Gasteiger partial charge in [-0.25, -0.2) is 19.2 Å². The van der Waals surface area contributed by atoms with Crippen molar-refractivity contribution < 1.29 is 53.8 Å². The van der Waals surface area contributed by atoms with E-state index < -0.39 is 23.9 Å². The number of fused-ring (bicyclic) bond motifs is 1.